The van der Waals surface area contributed by atoms with Gasteiger partial charge in [-0.15, -0.1) is 0 Å². The predicted molar refractivity (Wildman–Crippen MR) is 106 cm³/mol. The molecule has 1 atom stereocenters. The standard InChI is InChI=1S/C21H24FN3O3/c1-14-8-9-19(27-2)18(11-14)24-21(23-13-17-7-4-10-28-17)25-20(26)15-5-3-6-16(22)12-15/h3,5-6,8-9,11-12,17H,4,7,10,13H2,1-2H3,(H2,23,24,25,26). The first-order valence-electron chi connectivity index (χ1n) is 9.20. The highest BCUT2D eigenvalue weighted by Crippen LogP contribution is 2.25. The Hall–Kier alpha value is -2.93. The number of amides is 1. The van der Waals surface area contributed by atoms with Gasteiger partial charge in [0.2, 0.25) is 5.96 Å². The lowest BCUT2D eigenvalue weighted by Gasteiger charge is -2.16. The number of nitrogens with zero attached hydrogens (tertiary/aromatic N) is 1. The third-order valence-electron chi connectivity index (χ3n) is 4.40. The van der Waals surface area contributed by atoms with Gasteiger partial charge in [-0.25, -0.2) is 9.38 Å². The minimum Gasteiger partial charge on any atom is -0.495 e. The quantitative estimate of drug-likeness (QED) is 0.610. The molecule has 2 aromatic carbocycles. The fourth-order valence-corrected chi connectivity index (χ4v) is 2.95. The van der Waals surface area contributed by atoms with Crippen LogP contribution in [-0.4, -0.2) is 38.2 Å². The number of ether oxygens (including phenoxy) is 2. The van der Waals surface area contributed by atoms with Gasteiger partial charge in [-0.05, 0) is 55.7 Å². The molecule has 1 aliphatic heterocycles. The third-order valence-corrected chi connectivity index (χ3v) is 4.40. The highest BCUT2D eigenvalue weighted by molar-refractivity contribution is 6.10. The summed E-state index contributed by atoms with van der Waals surface area (Å²) in [6.07, 6.45) is 1.97. The lowest BCUT2D eigenvalue weighted by Crippen LogP contribution is -2.37. The van der Waals surface area contributed by atoms with Gasteiger partial charge in [0.05, 0.1) is 25.4 Å². The maximum atomic E-state index is 13.4. The molecule has 1 unspecified atom stereocenters. The molecule has 0 saturated carbocycles. The molecule has 6 nitrogen and oxygen atoms in total. The zero-order chi connectivity index (χ0) is 19.9. The van der Waals surface area contributed by atoms with Crippen molar-refractivity contribution in [2.24, 2.45) is 4.99 Å². The van der Waals surface area contributed by atoms with Crippen LogP contribution in [0.25, 0.3) is 0 Å². The zero-order valence-corrected chi connectivity index (χ0v) is 16.0. The number of hydrogen-bond donors (Lipinski definition) is 2. The zero-order valence-electron chi connectivity index (χ0n) is 16.0. The van der Waals surface area contributed by atoms with Crippen molar-refractivity contribution in [1.82, 2.24) is 5.32 Å². The van der Waals surface area contributed by atoms with Crippen LogP contribution in [0.1, 0.15) is 28.8 Å². The van der Waals surface area contributed by atoms with E-state index in [9.17, 15) is 9.18 Å². The van der Waals surface area contributed by atoms with Crippen molar-refractivity contribution < 1.29 is 18.7 Å². The lowest BCUT2D eigenvalue weighted by molar-refractivity contribution is 0.0975. The number of carbonyl (C=O) groups is 1. The van der Waals surface area contributed by atoms with E-state index in [4.69, 9.17) is 9.47 Å². The summed E-state index contributed by atoms with van der Waals surface area (Å²) in [6, 6.07) is 11.2. The first kappa shape index (κ1) is 19.8. The highest BCUT2D eigenvalue weighted by atomic mass is 19.1. The summed E-state index contributed by atoms with van der Waals surface area (Å²) in [5.74, 6) is -0.0485. The third kappa shape index (κ3) is 5.29. The number of aliphatic imine (C=N–C) groups is 1. The molecule has 1 amide bonds. The summed E-state index contributed by atoms with van der Waals surface area (Å²) in [6.45, 7) is 3.10. The first-order valence-corrected chi connectivity index (χ1v) is 9.20. The molecule has 1 aliphatic rings. The average Bonchev–Trinajstić information content (AvgIpc) is 3.20. The molecular formula is C21H24FN3O3. The van der Waals surface area contributed by atoms with Crippen LogP contribution in [0.5, 0.6) is 5.75 Å². The molecule has 1 heterocycles. The average molecular weight is 385 g/mol. The molecule has 28 heavy (non-hydrogen) atoms. The number of methoxy groups -OCH3 is 1. The topological polar surface area (TPSA) is 71.9 Å². The normalized spacial score (nSPS) is 16.7. The van der Waals surface area contributed by atoms with Crippen LogP contribution in [-0.2, 0) is 4.74 Å². The maximum absolute atomic E-state index is 13.4. The summed E-state index contributed by atoms with van der Waals surface area (Å²) < 4.78 is 24.4. The second kappa shape index (κ2) is 9.32. The molecule has 148 valence electrons. The molecule has 7 heteroatoms. The van der Waals surface area contributed by atoms with Gasteiger partial charge in [0.15, 0.2) is 0 Å². The summed E-state index contributed by atoms with van der Waals surface area (Å²) in [5, 5.41) is 5.85. The second-order valence-electron chi connectivity index (χ2n) is 6.62. The summed E-state index contributed by atoms with van der Waals surface area (Å²) >= 11 is 0. The largest absolute Gasteiger partial charge is 0.495 e. The van der Waals surface area contributed by atoms with E-state index in [1.165, 1.54) is 18.2 Å². The summed E-state index contributed by atoms with van der Waals surface area (Å²) in [7, 11) is 1.57. The Morgan fingerprint density at radius 2 is 2.18 bits per heavy atom. The van der Waals surface area contributed by atoms with Crippen molar-refractivity contribution in [1.29, 1.82) is 0 Å². The van der Waals surface area contributed by atoms with E-state index in [1.54, 1.807) is 13.2 Å². The Morgan fingerprint density at radius 1 is 1.32 bits per heavy atom. The van der Waals surface area contributed by atoms with Gasteiger partial charge < -0.3 is 14.8 Å². The van der Waals surface area contributed by atoms with Gasteiger partial charge in [-0.2, -0.15) is 0 Å². The molecule has 0 spiro atoms. The first-order chi connectivity index (χ1) is 13.5. The Morgan fingerprint density at radius 3 is 2.89 bits per heavy atom. The van der Waals surface area contributed by atoms with E-state index in [-0.39, 0.29) is 17.6 Å². The number of anilines is 1. The molecule has 1 fully saturated rings. The van der Waals surface area contributed by atoms with Gasteiger partial charge in [-0.1, -0.05) is 12.1 Å². The fourth-order valence-electron chi connectivity index (χ4n) is 2.95. The maximum Gasteiger partial charge on any atom is 0.258 e. The minimum absolute atomic E-state index is 0.0299. The van der Waals surface area contributed by atoms with Crippen molar-refractivity contribution in [3.63, 3.8) is 0 Å². The predicted octanol–water partition coefficient (Wildman–Crippen LogP) is 3.52. The van der Waals surface area contributed by atoms with Crippen LogP contribution in [0.15, 0.2) is 47.5 Å². The Bertz CT molecular complexity index is 864. The summed E-state index contributed by atoms with van der Waals surface area (Å²) in [5.41, 5.74) is 1.91. The number of nitrogens with one attached hydrogen (secondary N) is 2. The van der Waals surface area contributed by atoms with Gasteiger partial charge in [0, 0.05) is 12.2 Å². The van der Waals surface area contributed by atoms with Crippen molar-refractivity contribution in [2.75, 3.05) is 25.6 Å². The van der Waals surface area contributed by atoms with Gasteiger partial charge >= 0.3 is 0 Å². The lowest BCUT2D eigenvalue weighted by atomic mass is 10.2. The van der Waals surface area contributed by atoms with E-state index in [2.05, 4.69) is 15.6 Å². The molecule has 2 aromatic rings. The van der Waals surface area contributed by atoms with Crippen molar-refractivity contribution >= 4 is 17.6 Å². The van der Waals surface area contributed by atoms with Crippen LogP contribution in [0.2, 0.25) is 0 Å². The van der Waals surface area contributed by atoms with E-state index < -0.39 is 11.7 Å². The van der Waals surface area contributed by atoms with Crippen LogP contribution in [0.4, 0.5) is 10.1 Å². The highest BCUT2D eigenvalue weighted by Gasteiger charge is 2.17. The molecule has 0 bridgehead atoms. The molecule has 3 rings (SSSR count). The number of halogens is 1. The van der Waals surface area contributed by atoms with Crippen molar-refractivity contribution in [3.8, 4) is 5.75 Å². The number of hydrogen-bond acceptors (Lipinski definition) is 4. The molecule has 0 aromatic heterocycles. The van der Waals surface area contributed by atoms with Crippen LogP contribution < -0.4 is 15.4 Å². The number of rotatable bonds is 5. The number of guanidine groups is 1. The smallest absolute Gasteiger partial charge is 0.258 e. The second-order valence-corrected chi connectivity index (χ2v) is 6.62. The Balaban J connectivity index is 1.81. The summed E-state index contributed by atoms with van der Waals surface area (Å²) in [4.78, 5) is 17.0. The Labute approximate surface area is 163 Å². The van der Waals surface area contributed by atoms with E-state index in [1.807, 2.05) is 25.1 Å². The number of benzene rings is 2. The molecule has 2 N–H and O–H groups in total. The number of aryl methyl sites for hydroxylation is 1. The number of carbonyl (C=O) groups excluding carboxylic acids is 1. The van der Waals surface area contributed by atoms with Gasteiger partial charge in [0.25, 0.3) is 5.91 Å². The van der Waals surface area contributed by atoms with Crippen molar-refractivity contribution in [2.45, 2.75) is 25.9 Å². The minimum atomic E-state index is -0.473. The monoisotopic (exact) mass is 385 g/mol. The van der Waals surface area contributed by atoms with Gasteiger partial charge in [-0.3, -0.25) is 10.1 Å². The van der Waals surface area contributed by atoms with Crippen LogP contribution in [0, 0.1) is 12.7 Å². The van der Waals surface area contributed by atoms with Gasteiger partial charge in [0.1, 0.15) is 11.6 Å². The molecule has 0 radical (unpaired) electrons. The molecular weight excluding hydrogens is 361 g/mol. The SMILES string of the molecule is COc1ccc(C)cc1NC(=NCC1CCCO1)NC(=O)c1cccc(F)c1. The Kier molecular flexibility index (Phi) is 6.60. The van der Waals surface area contributed by atoms with Crippen molar-refractivity contribution in [3.05, 3.63) is 59.4 Å². The molecule has 1 saturated heterocycles. The fraction of sp³-hybridized carbons (Fsp3) is 0.333. The van der Waals surface area contributed by atoms with E-state index >= 15 is 0 Å². The van der Waals surface area contributed by atoms with E-state index in [0.29, 0.717) is 18.0 Å². The van der Waals surface area contributed by atoms with Crippen LogP contribution >= 0.6 is 0 Å². The van der Waals surface area contributed by atoms with Crippen LogP contribution in [0.3, 0.4) is 0 Å². The molecule has 0 aliphatic carbocycles. The van der Waals surface area contributed by atoms with E-state index in [0.717, 1.165) is 25.0 Å².